The number of ether oxygens (including phenoxy) is 1. The van der Waals surface area contributed by atoms with E-state index in [1.807, 2.05) is 13.0 Å². The molecule has 0 radical (unpaired) electrons. The van der Waals surface area contributed by atoms with E-state index in [0.717, 1.165) is 17.5 Å². The summed E-state index contributed by atoms with van der Waals surface area (Å²) in [5, 5.41) is 0. The number of aromatic nitrogens is 1. The predicted octanol–water partition coefficient (Wildman–Crippen LogP) is 4.30. The van der Waals surface area contributed by atoms with Gasteiger partial charge in [0.1, 0.15) is 0 Å². The van der Waals surface area contributed by atoms with Gasteiger partial charge in [0, 0.05) is 11.6 Å². The monoisotopic (exact) mass is 263 g/mol. The van der Waals surface area contributed by atoms with Crippen LogP contribution in [0.3, 0.4) is 0 Å². The normalized spacial score (nSPS) is 27.3. The van der Waals surface area contributed by atoms with Gasteiger partial charge in [-0.2, -0.15) is 4.39 Å². The molecule has 2 aliphatic carbocycles. The summed E-state index contributed by atoms with van der Waals surface area (Å²) >= 11 is 0. The Morgan fingerprint density at radius 2 is 1.74 bits per heavy atom. The number of rotatable bonds is 4. The minimum atomic E-state index is -0.455. The minimum Gasteiger partial charge on any atom is -0.489 e. The highest BCUT2D eigenvalue weighted by Crippen LogP contribution is 2.46. The lowest BCUT2D eigenvalue weighted by Gasteiger charge is -2.28. The maximum Gasteiger partial charge on any atom is 0.255 e. The molecule has 0 N–H and O–H groups in total. The molecule has 1 aromatic heterocycles. The Morgan fingerprint density at radius 1 is 1.11 bits per heavy atom. The van der Waals surface area contributed by atoms with Crippen LogP contribution in [0.1, 0.15) is 57.1 Å². The molecular weight excluding hydrogens is 241 g/mol. The van der Waals surface area contributed by atoms with Gasteiger partial charge >= 0.3 is 0 Å². The van der Waals surface area contributed by atoms with E-state index in [9.17, 15) is 4.39 Å². The molecular formula is C16H22FNO. The first kappa shape index (κ1) is 12.9. The van der Waals surface area contributed by atoms with Gasteiger partial charge in [0.2, 0.25) is 0 Å². The van der Waals surface area contributed by atoms with Crippen LogP contribution in [-0.2, 0) is 0 Å². The Bertz CT molecular complexity index is 436. The first-order valence-corrected chi connectivity index (χ1v) is 7.57. The second kappa shape index (κ2) is 5.48. The van der Waals surface area contributed by atoms with Gasteiger partial charge in [-0.15, -0.1) is 0 Å². The van der Waals surface area contributed by atoms with E-state index in [0.29, 0.717) is 12.5 Å². The lowest BCUT2D eigenvalue weighted by molar-refractivity contribution is 0.288. The molecule has 2 fully saturated rings. The highest BCUT2D eigenvalue weighted by atomic mass is 19.1. The van der Waals surface area contributed by atoms with Crippen molar-refractivity contribution in [3.63, 3.8) is 0 Å². The first-order valence-electron chi connectivity index (χ1n) is 7.57. The summed E-state index contributed by atoms with van der Waals surface area (Å²) in [4.78, 5) is 4.11. The zero-order valence-electron chi connectivity index (χ0n) is 11.6. The molecule has 1 aromatic rings. The molecule has 0 saturated heterocycles. The van der Waals surface area contributed by atoms with E-state index in [1.165, 1.54) is 38.5 Å². The second-order valence-corrected chi connectivity index (χ2v) is 5.91. The van der Waals surface area contributed by atoms with E-state index in [4.69, 9.17) is 4.74 Å². The molecule has 0 spiro atoms. The standard InChI is InChI=1S/C16H22FNO/c1-2-19-15-10-9-14(18-16(15)17)13-7-5-12(6-8-13)11-3-4-11/h9-13H,2-8H2,1H3. The van der Waals surface area contributed by atoms with Crippen LogP contribution in [0, 0.1) is 17.8 Å². The minimum absolute atomic E-state index is 0.276. The van der Waals surface area contributed by atoms with Crippen LogP contribution in [0.5, 0.6) is 5.75 Å². The van der Waals surface area contributed by atoms with Crippen molar-refractivity contribution in [1.29, 1.82) is 0 Å². The van der Waals surface area contributed by atoms with Gasteiger partial charge in [0.25, 0.3) is 5.95 Å². The average molecular weight is 263 g/mol. The van der Waals surface area contributed by atoms with Crippen LogP contribution in [0.2, 0.25) is 0 Å². The second-order valence-electron chi connectivity index (χ2n) is 5.91. The number of hydrogen-bond donors (Lipinski definition) is 0. The molecule has 19 heavy (non-hydrogen) atoms. The molecule has 3 heteroatoms. The van der Waals surface area contributed by atoms with Gasteiger partial charge in [-0.25, -0.2) is 4.98 Å². The van der Waals surface area contributed by atoms with Gasteiger partial charge in [0.05, 0.1) is 6.61 Å². The highest BCUT2D eigenvalue weighted by Gasteiger charge is 2.34. The fourth-order valence-electron chi connectivity index (χ4n) is 3.38. The largest absolute Gasteiger partial charge is 0.489 e. The van der Waals surface area contributed by atoms with E-state index in [1.54, 1.807) is 6.07 Å². The van der Waals surface area contributed by atoms with E-state index in [2.05, 4.69) is 4.98 Å². The topological polar surface area (TPSA) is 22.1 Å². The van der Waals surface area contributed by atoms with Crippen molar-refractivity contribution in [3.8, 4) is 5.75 Å². The van der Waals surface area contributed by atoms with Crippen molar-refractivity contribution in [2.45, 2.75) is 51.4 Å². The average Bonchev–Trinajstić information content (AvgIpc) is 3.26. The molecule has 1 heterocycles. The molecule has 104 valence electrons. The number of hydrogen-bond acceptors (Lipinski definition) is 2. The fourth-order valence-corrected chi connectivity index (χ4v) is 3.38. The van der Waals surface area contributed by atoms with E-state index < -0.39 is 5.95 Å². The van der Waals surface area contributed by atoms with Crippen molar-refractivity contribution in [3.05, 3.63) is 23.8 Å². The van der Waals surface area contributed by atoms with Gasteiger partial charge in [-0.05, 0) is 69.4 Å². The molecule has 0 aliphatic heterocycles. The van der Waals surface area contributed by atoms with Crippen LogP contribution >= 0.6 is 0 Å². The third-order valence-corrected chi connectivity index (χ3v) is 4.61. The van der Waals surface area contributed by atoms with Crippen LogP contribution in [0.25, 0.3) is 0 Å². The first-order chi connectivity index (χ1) is 9.28. The Hall–Kier alpha value is -1.12. The van der Waals surface area contributed by atoms with E-state index in [-0.39, 0.29) is 5.75 Å². The summed E-state index contributed by atoms with van der Waals surface area (Å²) in [6, 6.07) is 3.67. The Balaban J connectivity index is 1.64. The summed E-state index contributed by atoms with van der Waals surface area (Å²) in [5.74, 6) is 2.21. The summed E-state index contributed by atoms with van der Waals surface area (Å²) < 4.78 is 19.0. The maximum atomic E-state index is 13.8. The quantitative estimate of drug-likeness (QED) is 0.755. The number of pyridine rings is 1. The predicted molar refractivity (Wildman–Crippen MR) is 72.8 cm³/mol. The summed E-state index contributed by atoms with van der Waals surface area (Å²) in [5.41, 5.74) is 0.912. The fraction of sp³-hybridized carbons (Fsp3) is 0.688. The molecule has 0 unspecified atom stereocenters. The molecule has 2 aliphatic rings. The molecule has 2 saturated carbocycles. The molecule has 0 bridgehead atoms. The van der Waals surface area contributed by atoms with Crippen LogP contribution in [0.4, 0.5) is 4.39 Å². The van der Waals surface area contributed by atoms with E-state index >= 15 is 0 Å². The lowest BCUT2D eigenvalue weighted by atomic mass is 9.78. The zero-order chi connectivity index (χ0) is 13.2. The van der Waals surface area contributed by atoms with Crippen molar-refractivity contribution >= 4 is 0 Å². The number of nitrogens with zero attached hydrogens (tertiary/aromatic N) is 1. The van der Waals surface area contributed by atoms with Crippen molar-refractivity contribution in [2.75, 3.05) is 6.61 Å². The van der Waals surface area contributed by atoms with Gasteiger partial charge in [-0.1, -0.05) is 0 Å². The summed E-state index contributed by atoms with van der Waals surface area (Å²) in [7, 11) is 0. The molecule has 0 atom stereocenters. The third-order valence-electron chi connectivity index (χ3n) is 4.61. The van der Waals surface area contributed by atoms with Crippen molar-refractivity contribution in [1.82, 2.24) is 4.98 Å². The Morgan fingerprint density at radius 3 is 2.26 bits per heavy atom. The SMILES string of the molecule is CCOc1ccc(C2CCC(C3CC3)CC2)nc1F. The molecule has 3 rings (SSSR count). The van der Waals surface area contributed by atoms with Gasteiger partial charge in [-0.3, -0.25) is 0 Å². The van der Waals surface area contributed by atoms with Crippen LogP contribution in [-0.4, -0.2) is 11.6 Å². The summed E-state index contributed by atoms with van der Waals surface area (Å²) in [6.45, 7) is 2.33. The van der Waals surface area contributed by atoms with Crippen LogP contribution in [0.15, 0.2) is 12.1 Å². The maximum absolute atomic E-state index is 13.8. The summed E-state index contributed by atoms with van der Waals surface area (Å²) in [6.07, 6.45) is 7.80. The van der Waals surface area contributed by atoms with Gasteiger partial charge in [0.15, 0.2) is 5.75 Å². The Labute approximate surface area is 114 Å². The highest BCUT2D eigenvalue weighted by molar-refractivity contribution is 5.23. The molecule has 0 amide bonds. The molecule has 2 nitrogen and oxygen atoms in total. The van der Waals surface area contributed by atoms with Crippen molar-refractivity contribution in [2.24, 2.45) is 11.8 Å². The smallest absolute Gasteiger partial charge is 0.255 e. The van der Waals surface area contributed by atoms with Gasteiger partial charge < -0.3 is 4.74 Å². The molecule has 0 aromatic carbocycles. The third kappa shape index (κ3) is 2.90. The lowest BCUT2D eigenvalue weighted by Crippen LogP contribution is -2.16. The zero-order valence-corrected chi connectivity index (χ0v) is 11.6. The van der Waals surface area contributed by atoms with Crippen molar-refractivity contribution < 1.29 is 9.13 Å². The Kier molecular flexibility index (Phi) is 3.72. The van der Waals surface area contributed by atoms with Crippen LogP contribution < -0.4 is 4.74 Å². The number of halogens is 1.